The van der Waals surface area contributed by atoms with Gasteiger partial charge >= 0.3 is 0 Å². The summed E-state index contributed by atoms with van der Waals surface area (Å²) in [5.41, 5.74) is 6.81. The van der Waals surface area contributed by atoms with Crippen molar-refractivity contribution in [2.24, 2.45) is 0 Å². The number of carbonyl (C=O) groups is 7. The maximum absolute atomic E-state index is 15.4. The highest BCUT2D eigenvalue weighted by Gasteiger charge is 2.42. The van der Waals surface area contributed by atoms with Crippen LogP contribution in [0.2, 0.25) is 0 Å². The Morgan fingerprint density at radius 3 is 2.28 bits per heavy atom. The molecule has 79 heavy (non-hydrogen) atoms. The number of fused-ring (bicyclic) bond motifs is 5. The molecule has 0 saturated carbocycles. The molecule has 4 aliphatic rings. The molecule has 21 heteroatoms. The van der Waals surface area contributed by atoms with E-state index in [0.717, 1.165) is 49.2 Å². The average Bonchev–Trinajstić information content (AvgIpc) is 3.44. The minimum absolute atomic E-state index is 0.0338. The Bertz CT molecular complexity index is 3410. The van der Waals surface area contributed by atoms with E-state index in [2.05, 4.69) is 33.2 Å². The molecule has 9 rings (SSSR count). The second-order valence-corrected chi connectivity index (χ2v) is 20.0. The summed E-state index contributed by atoms with van der Waals surface area (Å²) in [5.74, 6) is -4.08. The van der Waals surface area contributed by atoms with Crippen LogP contribution in [-0.4, -0.2) is 102 Å². The number of ether oxygens (including phenoxy) is 3. The predicted octanol–water partition coefficient (Wildman–Crippen LogP) is 3.36. The molecule has 20 nitrogen and oxygen atoms in total. The third-order valence-corrected chi connectivity index (χ3v) is 15.0. The van der Waals surface area contributed by atoms with Crippen molar-refractivity contribution in [2.75, 3.05) is 44.5 Å². The van der Waals surface area contributed by atoms with Crippen LogP contribution in [0.5, 0.6) is 0 Å². The lowest BCUT2D eigenvalue weighted by Crippen LogP contribution is -2.52. The van der Waals surface area contributed by atoms with Crippen molar-refractivity contribution in [2.45, 2.75) is 97.1 Å². The molecule has 3 aromatic carbocycles. The van der Waals surface area contributed by atoms with Gasteiger partial charge < -0.3 is 50.5 Å². The van der Waals surface area contributed by atoms with E-state index in [1.165, 1.54) is 18.2 Å². The van der Waals surface area contributed by atoms with E-state index >= 15 is 4.39 Å². The van der Waals surface area contributed by atoms with Crippen LogP contribution in [0.15, 0.2) is 83.9 Å². The summed E-state index contributed by atoms with van der Waals surface area (Å²) in [5, 5.41) is 25.1. The number of nitrogens with zero attached hydrogens (tertiary/aromatic N) is 3. The van der Waals surface area contributed by atoms with E-state index in [1.54, 1.807) is 66.9 Å². The van der Waals surface area contributed by atoms with E-state index < -0.39 is 78.7 Å². The maximum Gasteiger partial charge on any atom is 0.258 e. The second-order valence-electron chi connectivity index (χ2n) is 20.0. The van der Waals surface area contributed by atoms with Crippen LogP contribution >= 0.6 is 0 Å². The Labute approximate surface area is 453 Å². The zero-order valence-corrected chi connectivity index (χ0v) is 44.3. The van der Waals surface area contributed by atoms with Gasteiger partial charge in [0.05, 0.1) is 73.7 Å². The van der Waals surface area contributed by atoms with Crippen molar-refractivity contribution in [3.63, 3.8) is 0 Å². The van der Waals surface area contributed by atoms with Crippen LogP contribution in [0.3, 0.4) is 0 Å². The molecule has 6 N–H and O–H groups in total. The minimum atomic E-state index is -1.57. The molecule has 5 aromatic rings. The fourth-order valence-corrected chi connectivity index (χ4v) is 10.8. The topological polar surface area (TPSA) is 266 Å². The van der Waals surface area contributed by atoms with Crippen molar-refractivity contribution in [3.05, 3.63) is 151 Å². The smallest absolute Gasteiger partial charge is 0.258 e. The fraction of sp³-hybridized carbons (Fsp3) is 0.362. The van der Waals surface area contributed by atoms with Crippen LogP contribution in [0.25, 0.3) is 22.3 Å². The molecule has 1 aliphatic carbocycles. The highest BCUT2D eigenvalue weighted by molar-refractivity contribution is 6.28. The maximum atomic E-state index is 15.4. The lowest BCUT2D eigenvalue weighted by Gasteiger charge is -2.35. The number of amides is 7. The summed E-state index contributed by atoms with van der Waals surface area (Å²) in [6.07, 6.45) is 3.65. The number of aromatic nitrogens is 2. The van der Waals surface area contributed by atoms with Gasteiger partial charge in [-0.1, -0.05) is 43.8 Å². The summed E-state index contributed by atoms with van der Waals surface area (Å²) in [6.45, 7) is 9.81. The Balaban J connectivity index is 0.733. The van der Waals surface area contributed by atoms with Gasteiger partial charge in [-0.05, 0) is 104 Å². The molecule has 0 radical (unpaired) electrons. The zero-order chi connectivity index (χ0) is 56.3. The molecular formula is C58H61FN8O12. The number of benzene rings is 3. The van der Waals surface area contributed by atoms with Crippen molar-refractivity contribution in [3.8, 4) is 11.4 Å². The molecule has 3 atom stereocenters. The van der Waals surface area contributed by atoms with E-state index in [0.29, 0.717) is 58.5 Å². The minimum Gasteiger partial charge on any atom is -0.490 e. The Hall–Kier alpha value is -8.40. The Kier molecular flexibility index (Phi) is 16.3. The first kappa shape index (κ1) is 55.4. The van der Waals surface area contributed by atoms with Crippen LogP contribution in [0.1, 0.15) is 87.9 Å². The first-order valence-electron chi connectivity index (χ1n) is 26.1. The molecule has 3 aliphatic heterocycles. The Morgan fingerprint density at radius 1 is 0.873 bits per heavy atom. The van der Waals surface area contributed by atoms with Crippen LogP contribution in [0, 0.1) is 26.6 Å². The summed E-state index contributed by atoms with van der Waals surface area (Å²) >= 11 is 0. The van der Waals surface area contributed by atoms with Crippen LogP contribution < -0.4 is 37.0 Å². The van der Waals surface area contributed by atoms with Gasteiger partial charge in [-0.2, -0.15) is 0 Å². The van der Waals surface area contributed by atoms with Crippen LogP contribution in [0.4, 0.5) is 10.1 Å². The van der Waals surface area contributed by atoms with Gasteiger partial charge in [0, 0.05) is 47.6 Å². The van der Waals surface area contributed by atoms with Gasteiger partial charge in [-0.25, -0.2) is 14.3 Å². The second kappa shape index (κ2) is 23.3. The molecule has 0 fully saturated rings. The SMILES string of the molecule is C=C1OCc2c(cc3n(c2=O)Cc2c-3nc3cc(F)c(C)c4c3c2[C@@H](OCCOCNC(=O)CNC(=O)[C@H](Cc2ccccc2)NC(=O)CNC(=O)CNC(=O)CCc2c(C)cc(N3C(=O)C=CC3=O)cc2C)CC4)[C@@]1(O)CC. The third kappa shape index (κ3) is 11.5. The van der Waals surface area contributed by atoms with Crippen molar-refractivity contribution < 1.29 is 57.3 Å². The number of halogens is 1. The lowest BCUT2D eigenvalue weighted by molar-refractivity contribution is -0.131. The molecule has 7 amide bonds. The molecule has 5 heterocycles. The standard InChI is InChI=1S/C58H61FN8O12/c1-6-58(76)34(5)79-29-40-41(58)23-45-55-39(28-66(45)57(40)75)54-46(14-12-38-33(4)42(59)24-43(65-55)53(38)54)78-19-18-77-30-63-49(70)26-62-56(74)44(22-35-10-8-7-9-11-35)64-50(71)27-61-48(69)25-60-47(68)15-13-37-31(2)20-36(21-32(37)3)67-51(72)16-17-52(67)73/h7-11,16-17,20-21,23-24,44,46,76H,5-6,12-15,18-19,22,25-30H2,1-4H3,(H,60,68)(H,61,69)(H,62,74)(H,63,70)(H,64,71)/t44-,46-,58+/m0/s1. The largest absolute Gasteiger partial charge is 0.490 e. The van der Waals surface area contributed by atoms with Crippen molar-refractivity contribution in [1.82, 2.24) is 36.1 Å². The quantitative estimate of drug-likeness (QED) is 0.0344. The van der Waals surface area contributed by atoms with Crippen molar-refractivity contribution in [1.29, 1.82) is 0 Å². The number of pyridine rings is 2. The molecule has 0 bridgehead atoms. The van der Waals surface area contributed by atoms with Crippen LogP contribution in [-0.2, 0) is 85.8 Å². The van der Waals surface area contributed by atoms with Gasteiger partial charge in [0.15, 0.2) is 0 Å². The van der Waals surface area contributed by atoms with E-state index in [1.807, 2.05) is 13.8 Å². The predicted molar refractivity (Wildman–Crippen MR) is 286 cm³/mol. The number of carbonyl (C=O) groups excluding carboxylic acids is 7. The first-order chi connectivity index (χ1) is 37.9. The van der Waals surface area contributed by atoms with Gasteiger partial charge in [0.2, 0.25) is 29.5 Å². The number of aliphatic hydroxyl groups is 1. The molecule has 0 saturated heterocycles. The fourth-order valence-electron chi connectivity index (χ4n) is 10.8. The number of nitrogens with one attached hydrogen (secondary N) is 5. The van der Waals surface area contributed by atoms with E-state index in [9.17, 15) is 43.5 Å². The number of anilines is 1. The van der Waals surface area contributed by atoms with E-state index in [-0.39, 0.29) is 69.5 Å². The number of hydrogen-bond acceptors (Lipinski definition) is 13. The van der Waals surface area contributed by atoms with E-state index in [4.69, 9.17) is 19.2 Å². The highest BCUT2D eigenvalue weighted by Crippen LogP contribution is 2.47. The van der Waals surface area contributed by atoms with Gasteiger partial charge in [0.1, 0.15) is 36.6 Å². The highest BCUT2D eigenvalue weighted by atomic mass is 19.1. The van der Waals surface area contributed by atoms with Gasteiger partial charge in [0.25, 0.3) is 17.4 Å². The number of hydrogen-bond donors (Lipinski definition) is 6. The normalized spacial score (nSPS) is 17.2. The number of aryl methyl sites for hydroxylation is 3. The molecule has 0 unspecified atom stereocenters. The first-order valence-corrected chi connectivity index (χ1v) is 26.1. The summed E-state index contributed by atoms with van der Waals surface area (Å²) in [6, 6.07) is 14.3. The van der Waals surface area contributed by atoms with Gasteiger partial charge in [-0.3, -0.25) is 38.4 Å². The number of rotatable bonds is 21. The molecule has 0 spiro atoms. The number of imide groups is 1. The van der Waals surface area contributed by atoms with Crippen molar-refractivity contribution >= 4 is 57.9 Å². The zero-order valence-electron chi connectivity index (χ0n) is 44.3. The molecule has 2 aromatic heterocycles. The third-order valence-electron chi connectivity index (χ3n) is 15.0. The summed E-state index contributed by atoms with van der Waals surface area (Å²) in [4.78, 5) is 109. The lowest BCUT2D eigenvalue weighted by atomic mass is 9.82. The average molecular weight is 1080 g/mol. The summed E-state index contributed by atoms with van der Waals surface area (Å²) in [7, 11) is 0. The molecule has 412 valence electrons. The Morgan fingerprint density at radius 2 is 1.56 bits per heavy atom. The summed E-state index contributed by atoms with van der Waals surface area (Å²) < 4.78 is 34.8. The monoisotopic (exact) mass is 1080 g/mol. The molecular weight excluding hydrogens is 1020 g/mol. The van der Waals surface area contributed by atoms with Gasteiger partial charge in [-0.15, -0.1) is 0 Å².